The van der Waals surface area contributed by atoms with Crippen LogP contribution in [0.2, 0.25) is 0 Å². The van der Waals surface area contributed by atoms with Gasteiger partial charge in [0.15, 0.2) is 0 Å². The molecular formula is C12H17Cl2N5OS. The fraction of sp³-hybridized carbons (Fsp3) is 0.417. The van der Waals surface area contributed by atoms with E-state index < -0.39 is 0 Å². The molecule has 0 spiro atoms. The van der Waals surface area contributed by atoms with Gasteiger partial charge in [-0.3, -0.25) is 9.48 Å². The predicted molar refractivity (Wildman–Crippen MR) is 87.5 cm³/mol. The Balaban J connectivity index is 0.00000110. The van der Waals surface area contributed by atoms with Crippen molar-refractivity contribution < 1.29 is 4.79 Å². The van der Waals surface area contributed by atoms with E-state index in [-0.39, 0.29) is 30.7 Å². The second-order valence-corrected chi connectivity index (χ2v) is 5.70. The molecule has 0 radical (unpaired) electrons. The standard InChI is InChI=1S/C12H15N5OS.2ClH/c1-17-7-9(5-16-17)12-15-6-10(19-12)11(18)14-4-8-2-13-3-8;;/h5-8,13H,2-4H2,1H3,(H,14,18);2*1H. The molecule has 116 valence electrons. The molecule has 2 N–H and O–H groups in total. The van der Waals surface area contributed by atoms with Crippen LogP contribution in [-0.4, -0.2) is 40.3 Å². The van der Waals surface area contributed by atoms with Gasteiger partial charge < -0.3 is 10.6 Å². The first-order valence-electron chi connectivity index (χ1n) is 6.16. The van der Waals surface area contributed by atoms with Crippen LogP contribution in [0.1, 0.15) is 9.67 Å². The first-order valence-corrected chi connectivity index (χ1v) is 6.98. The number of hydrogen-bond donors (Lipinski definition) is 2. The molecule has 1 saturated heterocycles. The van der Waals surface area contributed by atoms with E-state index in [1.165, 1.54) is 11.3 Å². The molecule has 1 fully saturated rings. The van der Waals surface area contributed by atoms with E-state index in [0.717, 1.165) is 30.2 Å². The molecule has 1 aliphatic heterocycles. The highest BCUT2D eigenvalue weighted by atomic mass is 35.5. The summed E-state index contributed by atoms with van der Waals surface area (Å²) in [6, 6.07) is 0. The van der Waals surface area contributed by atoms with Crippen LogP contribution in [0, 0.1) is 5.92 Å². The summed E-state index contributed by atoms with van der Waals surface area (Å²) in [5, 5.41) is 11.0. The summed E-state index contributed by atoms with van der Waals surface area (Å²) in [6.07, 6.45) is 5.27. The number of hydrogen-bond acceptors (Lipinski definition) is 5. The number of aryl methyl sites for hydroxylation is 1. The molecule has 0 unspecified atom stereocenters. The third kappa shape index (κ3) is 4.16. The predicted octanol–water partition coefficient (Wildman–Crippen LogP) is 1.34. The van der Waals surface area contributed by atoms with Gasteiger partial charge in [0, 0.05) is 44.4 Å². The Morgan fingerprint density at radius 3 is 2.81 bits per heavy atom. The van der Waals surface area contributed by atoms with Crippen LogP contribution in [0.25, 0.3) is 10.6 Å². The molecular weight excluding hydrogens is 333 g/mol. The Morgan fingerprint density at radius 2 is 2.24 bits per heavy atom. The van der Waals surface area contributed by atoms with E-state index in [2.05, 4.69) is 20.7 Å². The maximum atomic E-state index is 12.0. The monoisotopic (exact) mass is 349 g/mol. The zero-order valence-electron chi connectivity index (χ0n) is 11.4. The smallest absolute Gasteiger partial charge is 0.263 e. The number of thiazole rings is 1. The van der Waals surface area contributed by atoms with Crippen molar-refractivity contribution in [3.8, 4) is 10.6 Å². The number of nitrogens with zero attached hydrogens (tertiary/aromatic N) is 3. The van der Waals surface area contributed by atoms with Crippen LogP contribution < -0.4 is 10.6 Å². The van der Waals surface area contributed by atoms with Gasteiger partial charge in [0.1, 0.15) is 9.88 Å². The molecule has 3 heterocycles. The molecule has 0 atom stereocenters. The van der Waals surface area contributed by atoms with E-state index >= 15 is 0 Å². The SMILES string of the molecule is Cl.Cl.Cn1cc(-c2ncc(C(=O)NCC3CNC3)s2)cn1. The number of nitrogens with one attached hydrogen (secondary N) is 2. The molecule has 2 aromatic heterocycles. The average molecular weight is 350 g/mol. The third-order valence-electron chi connectivity index (χ3n) is 3.10. The fourth-order valence-electron chi connectivity index (χ4n) is 1.86. The largest absolute Gasteiger partial charge is 0.351 e. The van der Waals surface area contributed by atoms with Crippen molar-refractivity contribution in [1.29, 1.82) is 0 Å². The Morgan fingerprint density at radius 1 is 1.48 bits per heavy atom. The highest BCUT2D eigenvalue weighted by Crippen LogP contribution is 2.24. The summed E-state index contributed by atoms with van der Waals surface area (Å²) >= 11 is 1.39. The van der Waals surface area contributed by atoms with Crippen LogP contribution in [0.4, 0.5) is 0 Å². The van der Waals surface area contributed by atoms with Gasteiger partial charge in [0.25, 0.3) is 5.91 Å². The highest BCUT2D eigenvalue weighted by molar-refractivity contribution is 7.16. The van der Waals surface area contributed by atoms with Crippen LogP contribution in [0.3, 0.4) is 0 Å². The van der Waals surface area contributed by atoms with Crippen molar-refractivity contribution in [3.63, 3.8) is 0 Å². The summed E-state index contributed by atoms with van der Waals surface area (Å²) in [7, 11) is 1.86. The molecule has 0 aliphatic carbocycles. The van der Waals surface area contributed by atoms with Gasteiger partial charge in [-0.2, -0.15) is 5.10 Å². The van der Waals surface area contributed by atoms with Crippen LogP contribution >= 0.6 is 36.2 Å². The van der Waals surface area contributed by atoms with E-state index in [9.17, 15) is 4.79 Å². The van der Waals surface area contributed by atoms with Gasteiger partial charge in [0.05, 0.1) is 12.4 Å². The maximum Gasteiger partial charge on any atom is 0.263 e. The lowest BCUT2D eigenvalue weighted by molar-refractivity contribution is 0.0946. The lowest BCUT2D eigenvalue weighted by atomic mass is 10.0. The van der Waals surface area contributed by atoms with Crippen molar-refractivity contribution in [1.82, 2.24) is 25.4 Å². The average Bonchev–Trinajstić information content (AvgIpc) is 2.94. The molecule has 0 saturated carbocycles. The molecule has 9 heteroatoms. The molecule has 0 bridgehead atoms. The summed E-state index contributed by atoms with van der Waals surface area (Å²) in [5.41, 5.74) is 0.940. The van der Waals surface area contributed by atoms with Gasteiger partial charge in [-0.15, -0.1) is 36.2 Å². The first kappa shape index (κ1) is 17.9. The van der Waals surface area contributed by atoms with Gasteiger partial charge >= 0.3 is 0 Å². The summed E-state index contributed by atoms with van der Waals surface area (Å²) in [4.78, 5) is 16.9. The fourth-order valence-corrected chi connectivity index (χ4v) is 2.67. The summed E-state index contributed by atoms with van der Waals surface area (Å²) in [6.45, 7) is 2.71. The van der Waals surface area contributed by atoms with E-state index in [0.29, 0.717) is 10.8 Å². The van der Waals surface area contributed by atoms with Crippen molar-refractivity contribution >= 4 is 42.1 Å². The molecule has 3 rings (SSSR count). The van der Waals surface area contributed by atoms with E-state index in [1.807, 2.05) is 13.2 Å². The van der Waals surface area contributed by atoms with Crippen LogP contribution in [0.5, 0.6) is 0 Å². The zero-order chi connectivity index (χ0) is 13.2. The van der Waals surface area contributed by atoms with Crippen LogP contribution in [0.15, 0.2) is 18.6 Å². The third-order valence-corrected chi connectivity index (χ3v) is 4.14. The van der Waals surface area contributed by atoms with Gasteiger partial charge in [0.2, 0.25) is 0 Å². The summed E-state index contributed by atoms with van der Waals surface area (Å²) in [5.74, 6) is 0.522. The number of aromatic nitrogens is 3. The molecule has 6 nitrogen and oxygen atoms in total. The van der Waals surface area contributed by atoms with Crippen molar-refractivity contribution in [2.24, 2.45) is 13.0 Å². The Bertz CT molecular complexity index is 596. The van der Waals surface area contributed by atoms with Crippen molar-refractivity contribution in [2.45, 2.75) is 0 Å². The second kappa shape index (κ2) is 7.74. The molecule has 0 aromatic carbocycles. The minimum Gasteiger partial charge on any atom is -0.351 e. The highest BCUT2D eigenvalue weighted by Gasteiger charge is 2.18. The number of carbonyl (C=O) groups excluding carboxylic acids is 1. The molecule has 1 amide bonds. The quantitative estimate of drug-likeness (QED) is 0.873. The topological polar surface area (TPSA) is 71.8 Å². The maximum absolute atomic E-state index is 12.0. The molecule has 1 aliphatic rings. The Labute approximate surface area is 139 Å². The Hall–Kier alpha value is -1.15. The second-order valence-electron chi connectivity index (χ2n) is 4.67. The number of rotatable bonds is 4. The van der Waals surface area contributed by atoms with E-state index in [4.69, 9.17) is 0 Å². The minimum atomic E-state index is -0.0421. The zero-order valence-corrected chi connectivity index (χ0v) is 13.9. The lowest BCUT2D eigenvalue weighted by Crippen LogP contribution is -2.48. The molecule has 2 aromatic rings. The van der Waals surface area contributed by atoms with Gasteiger partial charge in [-0.1, -0.05) is 0 Å². The van der Waals surface area contributed by atoms with Crippen molar-refractivity contribution in [3.05, 3.63) is 23.5 Å². The van der Waals surface area contributed by atoms with Crippen LogP contribution in [-0.2, 0) is 7.05 Å². The van der Waals surface area contributed by atoms with Gasteiger partial charge in [-0.05, 0) is 0 Å². The summed E-state index contributed by atoms with van der Waals surface area (Å²) < 4.78 is 1.72. The number of carbonyl (C=O) groups is 1. The first-order chi connectivity index (χ1) is 9.22. The minimum absolute atomic E-state index is 0. The Kier molecular flexibility index (Phi) is 6.60. The van der Waals surface area contributed by atoms with Gasteiger partial charge in [-0.25, -0.2) is 4.98 Å². The number of amides is 1. The normalized spacial score (nSPS) is 13.8. The number of halogens is 2. The van der Waals surface area contributed by atoms with E-state index in [1.54, 1.807) is 17.1 Å². The van der Waals surface area contributed by atoms with Crippen molar-refractivity contribution in [2.75, 3.05) is 19.6 Å². The lowest BCUT2D eigenvalue weighted by Gasteiger charge is -2.26. The molecule has 21 heavy (non-hydrogen) atoms.